The first-order valence-electron chi connectivity index (χ1n) is 7.50. The standard InChI is InChI=1S/C16H13BrF2N2OS/c17-16-20-13(14(23-16)8-3-4-8)15(22)21-5-1-2-9-6-10(18)11(19)7-12(9)21/h6-8H,1-5H2. The molecular formula is C16H13BrF2N2OS. The van der Waals surface area contributed by atoms with E-state index in [4.69, 9.17) is 0 Å². The number of benzene rings is 1. The summed E-state index contributed by atoms with van der Waals surface area (Å²) in [6.07, 6.45) is 3.52. The molecule has 0 bridgehead atoms. The van der Waals surface area contributed by atoms with Crippen LogP contribution in [0.1, 0.15) is 46.1 Å². The Morgan fingerprint density at radius 2 is 2.04 bits per heavy atom. The van der Waals surface area contributed by atoms with Crippen molar-refractivity contribution in [1.29, 1.82) is 0 Å². The van der Waals surface area contributed by atoms with Gasteiger partial charge in [-0.3, -0.25) is 4.79 Å². The highest BCUT2D eigenvalue weighted by Gasteiger charge is 2.34. The quantitative estimate of drug-likeness (QED) is 0.737. The zero-order valence-electron chi connectivity index (χ0n) is 12.1. The van der Waals surface area contributed by atoms with Crippen molar-refractivity contribution in [1.82, 2.24) is 4.98 Å². The molecule has 3 nitrogen and oxygen atoms in total. The van der Waals surface area contributed by atoms with Crippen LogP contribution in [0.2, 0.25) is 0 Å². The maximum absolute atomic E-state index is 13.6. The number of aromatic nitrogens is 1. The zero-order chi connectivity index (χ0) is 16.1. The van der Waals surface area contributed by atoms with Gasteiger partial charge < -0.3 is 4.90 Å². The molecule has 1 aliphatic heterocycles. The average Bonchev–Trinajstić information content (AvgIpc) is 3.29. The Morgan fingerprint density at radius 3 is 2.78 bits per heavy atom. The minimum atomic E-state index is -0.926. The summed E-state index contributed by atoms with van der Waals surface area (Å²) in [7, 11) is 0. The molecule has 1 aliphatic carbocycles. The first-order valence-corrected chi connectivity index (χ1v) is 9.11. The van der Waals surface area contributed by atoms with Crippen LogP contribution in [0.15, 0.2) is 16.0 Å². The van der Waals surface area contributed by atoms with Crippen LogP contribution in [-0.4, -0.2) is 17.4 Å². The van der Waals surface area contributed by atoms with E-state index in [1.807, 2.05) is 0 Å². The third-order valence-electron chi connectivity index (χ3n) is 4.26. The van der Waals surface area contributed by atoms with E-state index < -0.39 is 11.6 Å². The number of thiazole rings is 1. The van der Waals surface area contributed by atoms with E-state index >= 15 is 0 Å². The Balaban J connectivity index is 1.75. The van der Waals surface area contributed by atoms with Gasteiger partial charge in [-0.2, -0.15) is 0 Å². The third-order valence-corrected chi connectivity index (χ3v) is 5.93. The molecule has 7 heteroatoms. The van der Waals surface area contributed by atoms with Gasteiger partial charge in [0.15, 0.2) is 15.6 Å². The van der Waals surface area contributed by atoms with Crippen molar-refractivity contribution in [2.45, 2.75) is 31.6 Å². The Kier molecular flexibility index (Phi) is 3.72. The lowest BCUT2D eigenvalue weighted by molar-refractivity contribution is 0.0980. The molecule has 1 aromatic carbocycles. The summed E-state index contributed by atoms with van der Waals surface area (Å²) in [5, 5.41) is 0. The van der Waals surface area contributed by atoms with Crippen LogP contribution in [0.25, 0.3) is 0 Å². The van der Waals surface area contributed by atoms with Gasteiger partial charge in [0.2, 0.25) is 0 Å². The number of carbonyl (C=O) groups is 1. The summed E-state index contributed by atoms with van der Waals surface area (Å²) < 4.78 is 27.8. The second-order valence-electron chi connectivity index (χ2n) is 5.91. The molecule has 23 heavy (non-hydrogen) atoms. The van der Waals surface area contributed by atoms with Crippen LogP contribution >= 0.6 is 27.3 Å². The third kappa shape index (κ3) is 2.70. The predicted octanol–water partition coefficient (Wildman–Crippen LogP) is 4.65. The molecule has 0 spiro atoms. The summed E-state index contributed by atoms with van der Waals surface area (Å²) in [4.78, 5) is 19.8. The number of aryl methyl sites for hydroxylation is 1. The Bertz CT molecular complexity index is 804. The average molecular weight is 399 g/mol. The van der Waals surface area contributed by atoms with E-state index in [1.165, 1.54) is 22.3 Å². The molecule has 1 amide bonds. The fourth-order valence-corrected chi connectivity index (χ4v) is 4.65. The minimum absolute atomic E-state index is 0.221. The van der Waals surface area contributed by atoms with Crippen LogP contribution in [0.3, 0.4) is 0 Å². The van der Waals surface area contributed by atoms with E-state index in [2.05, 4.69) is 20.9 Å². The fourth-order valence-electron chi connectivity index (χ4n) is 3.00. The van der Waals surface area contributed by atoms with E-state index in [9.17, 15) is 13.6 Å². The van der Waals surface area contributed by atoms with Crippen molar-refractivity contribution in [2.24, 2.45) is 0 Å². The van der Waals surface area contributed by atoms with Crippen molar-refractivity contribution in [3.63, 3.8) is 0 Å². The molecule has 0 N–H and O–H groups in total. The number of hydrogen-bond acceptors (Lipinski definition) is 3. The Hall–Kier alpha value is -1.34. The van der Waals surface area contributed by atoms with Gasteiger partial charge in [0, 0.05) is 17.5 Å². The number of rotatable bonds is 2. The molecule has 1 saturated carbocycles. The van der Waals surface area contributed by atoms with E-state index in [0.29, 0.717) is 39.7 Å². The maximum atomic E-state index is 13.6. The maximum Gasteiger partial charge on any atom is 0.278 e. The monoisotopic (exact) mass is 398 g/mol. The predicted molar refractivity (Wildman–Crippen MR) is 88.1 cm³/mol. The summed E-state index contributed by atoms with van der Waals surface area (Å²) >= 11 is 4.84. The number of hydrogen-bond donors (Lipinski definition) is 0. The first kappa shape index (κ1) is 15.2. The van der Waals surface area contributed by atoms with Crippen LogP contribution in [0, 0.1) is 11.6 Å². The van der Waals surface area contributed by atoms with Gasteiger partial charge in [-0.05, 0) is 59.2 Å². The molecule has 0 radical (unpaired) electrons. The smallest absolute Gasteiger partial charge is 0.278 e. The molecule has 120 valence electrons. The van der Waals surface area contributed by atoms with Gasteiger partial charge in [0.25, 0.3) is 5.91 Å². The van der Waals surface area contributed by atoms with Crippen LogP contribution < -0.4 is 4.90 Å². The molecule has 1 aromatic heterocycles. The molecule has 2 aliphatic rings. The molecule has 0 saturated heterocycles. The van der Waals surface area contributed by atoms with E-state index in [0.717, 1.165) is 30.2 Å². The number of nitrogens with zero attached hydrogens (tertiary/aromatic N) is 2. The molecule has 4 rings (SSSR count). The van der Waals surface area contributed by atoms with Gasteiger partial charge in [-0.1, -0.05) is 0 Å². The highest BCUT2D eigenvalue weighted by Crippen LogP contribution is 2.46. The van der Waals surface area contributed by atoms with Gasteiger partial charge in [0.1, 0.15) is 5.69 Å². The Labute approximate surface area is 144 Å². The number of carbonyl (C=O) groups excluding carboxylic acids is 1. The number of fused-ring (bicyclic) bond motifs is 1. The highest BCUT2D eigenvalue weighted by atomic mass is 79.9. The number of amides is 1. The van der Waals surface area contributed by atoms with Crippen molar-refractivity contribution >= 4 is 38.9 Å². The molecule has 2 heterocycles. The summed E-state index contributed by atoms with van der Waals surface area (Å²) in [6, 6.07) is 2.32. The lowest BCUT2D eigenvalue weighted by Gasteiger charge is -2.29. The molecule has 0 unspecified atom stereocenters. The minimum Gasteiger partial charge on any atom is -0.307 e. The van der Waals surface area contributed by atoms with Crippen molar-refractivity contribution < 1.29 is 13.6 Å². The first-order chi connectivity index (χ1) is 11.0. The summed E-state index contributed by atoms with van der Waals surface area (Å²) in [6.45, 7) is 0.496. The van der Waals surface area contributed by atoms with Gasteiger partial charge in [-0.25, -0.2) is 13.8 Å². The summed E-state index contributed by atoms with van der Waals surface area (Å²) in [5.74, 6) is -1.61. The number of anilines is 1. The topological polar surface area (TPSA) is 33.2 Å². The highest BCUT2D eigenvalue weighted by molar-refractivity contribution is 9.11. The van der Waals surface area contributed by atoms with E-state index in [1.54, 1.807) is 0 Å². The van der Waals surface area contributed by atoms with E-state index in [-0.39, 0.29) is 5.91 Å². The molecular weight excluding hydrogens is 386 g/mol. The number of halogens is 3. The van der Waals surface area contributed by atoms with Crippen molar-refractivity contribution in [2.75, 3.05) is 11.4 Å². The normalized spacial score (nSPS) is 17.3. The molecule has 1 fully saturated rings. The lowest BCUT2D eigenvalue weighted by Crippen LogP contribution is -2.36. The van der Waals surface area contributed by atoms with Gasteiger partial charge in [0.05, 0.1) is 5.69 Å². The van der Waals surface area contributed by atoms with Crippen LogP contribution in [0.5, 0.6) is 0 Å². The summed E-state index contributed by atoms with van der Waals surface area (Å²) in [5.41, 5.74) is 1.58. The van der Waals surface area contributed by atoms with Crippen molar-refractivity contribution in [3.05, 3.63) is 43.8 Å². The van der Waals surface area contributed by atoms with Gasteiger partial charge in [-0.15, -0.1) is 11.3 Å². The molecule has 2 aromatic rings. The van der Waals surface area contributed by atoms with Crippen LogP contribution in [-0.2, 0) is 6.42 Å². The SMILES string of the molecule is O=C(c1nc(Br)sc1C1CC1)N1CCCc2cc(F)c(F)cc21. The second-order valence-corrected chi connectivity index (χ2v) is 8.22. The zero-order valence-corrected chi connectivity index (χ0v) is 14.5. The Morgan fingerprint density at radius 1 is 1.30 bits per heavy atom. The van der Waals surface area contributed by atoms with Gasteiger partial charge >= 0.3 is 0 Å². The van der Waals surface area contributed by atoms with Crippen molar-refractivity contribution in [3.8, 4) is 0 Å². The van der Waals surface area contributed by atoms with Crippen LogP contribution in [0.4, 0.5) is 14.5 Å². The largest absolute Gasteiger partial charge is 0.307 e. The lowest BCUT2D eigenvalue weighted by atomic mass is 10.0. The fraction of sp³-hybridized carbons (Fsp3) is 0.375. The molecule has 0 atom stereocenters. The second kappa shape index (κ2) is 5.63.